The number of hydrogen-bond donors (Lipinski definition) is 0. The first kappa shape index (κ1) is 14.8. The van der Waals surface area contributed by atoms with Crippen LogP contribution in [0.4, 0.5) is 0 Å². The fraction of sp³-hybridized carbons (Fsp3) is 0.462. The van der Waals surface area contributed by atoms with Crippen LogP contribution in [0.1, 0.15) is 12.0 Å². The zero-order chi connectivity index (χ0) is 14.4. The summed E-state index contributed by atoms with van der Waals surface area (Å²) >= 11 is 1.60. The molecule has 0 fully saturated rings. The van der Waals surface area contributed by atoms with Gasteiger partial charge in [0, 0.05) is 19.5 Å². The van der Waals surface area contributed by atoms with Gasteiger partial charge >= 0.3 is 0 Å². The lowest BCUT2D eigenvalue weighted by Crippen LogP contribution is -2.03. The van der Waals surface area contributed by atoms with Crippen molar-refractivity contribution < 1.29 is 9.47 Å². The summed E-state index contributed by atoms with van der Waals surface area (Å²) in [4.78, 5) is 0. The number of aromatic nitrogens is 4. The topological polar surface area (TPSA) is 62.1 Å². The van der Waals surface area contributed by atoms with E-state index in [0.717, 1.165) is 40.9 Å². The minimum absolute atomic E-state index is 0.738. The predicted molar refractivity (Wildman–Crippen MR) is 77.7 cm³/mol. The predicted octanol–water partition coefficient (Wildman–Crippen LogP) is 2.11. The number of benzene rings is 1. The van der Waals surface area contributed by atoms with Crippen molar-refractivity contribution in [2.75, 3.05) is 26.6 Å². The molecule has 0 amide bonds. The van der Waals surface area contributed by atoms with E-state index >= 15 is 0 Å². The van der Waals surface area contributed by atoms with Crippen molar-refractivity contribution in [2.45, 2.75) is 18.5 Å². The van der Waals surface area contributed by atoms with Gasteiger partial charge in [0.1, 0.15) is 11.4 Å². The Hall–Kier alpha value is -1.60. The van der Waals surface area contributed by atoms with E-state index in [4.69, 9.17) is 9.47 Å². The fourth-order valence-corrected chi connectivity index (χ4v) is 2.55. The third-order valence-electron chi connectivity index (χ3n) is 2.73. The molecule has 20 heavy (non-hydrogen) atoms. The molecule has 0 unspecified atom stereocenters. The van der Waals surface area contributed by atoms with Gasteiger partial charge in [-0.3, -0.25) is 0 Å². The molecule has 7 heteroatoms. The van der Waals surface area contributed by atoms with Gasteiger partial charge in [0.15, 0.2) is 0 Å². The van der Waals surface area contributed by atoms with Crippen LogP contribution < -0.4 is 4.74 Å². The molecule has 0 atom stereocenters. The average molecular weight is 294 g/mol. The van der Waals surface area contributed by atoms with Gasteiger partial charge in [-0.25, -0.2) is 0 Å². The van der Waals surface area contributed by atoms with Gasteiger partial charge in [-0.1, -0.05) is 17.8 Å². The van der Waals surface area contributed by atoms with Crippen LogP contribution in [0.15, 0.2) is 23.4 Å². The number of thioether (sulfide) groups is 1. The molecule has 6 nitrogen and oxygen atoms in total. The summed E-state index contributed by atoms with van der Waals surface area (Å²) in [5.74, 6) is 1.66. The highest BCUT2D eigenvalue weighted by Gasteiger charge is 2.13. The number of aryl methyl sites for hydroxylation is 1. The molecule has 0 bridgehead atoms. The molecule has 1 heterocycles. The normalized spacial score (nSPS) is 10.8. The van der Waals surface area contributed by atoms with Crippen molar-refractivity contribution in [3.05, 3.63) is 23.8 Å². The molecule has 0 saturated heterocycles. The molecular weight excluding hydrogens is 276 g/mol. The van der Waals surface area contributed by atoms with Crippen LogP contribution in [0.3, 0.4) is 0 Å². The summed E-state index contributed by atoms with van der Waals surface area (Å²) in [5.41, 5.74) is 1.98. The summed E-state index contributed by atoms with van der Waals surface area (Å²) in [7, 11) is 3.34. The number of nitrogens with zero attached hydrogens (tertiary/aromatic N) is 4. The highest BCUT2D eigenvalue weighted by Crippen LogP contribution is 2.27. The Labute approximate surface area is 122 Å². The van der Waals surface area contributed by atoms with Crippen molar-refractivity contribution in [1.29, 1.82) is 0 Å². The summed E-state index contributed by atoms with van der Waals surface area (Å²) < 4.78 is 12.1. The number of ether oxygens (including phenoxy) is 2. The van der Waals surface area contributed by atoms with Crippen molar-refractivity contribution in [3.63, 3.8) is 0 Å². The summed E-state index contributed by atoms with van der Waals surface area (Å²) in [6.45, 7) is 2.76. The van der Waals surface area contributed by atoms with E-state index in [-0.39, 0.29) is 0 Å². The third-order valence-corrected chi connectivity index (χ3v) is 3.73. The van der Waals surface area contributed by atoms with E-state index in [1.165, 1.54) is 0 Å². The molecule has 0 N–H and O–H groups in total. The molecule has 0 aliphatic heterocycles. The van der Waals surface area contributed by atoms with Gasteiger partial charge in [0.05, 0.1) is 7.11 Å². The Morgan fingerprint density at radius 1 is 1.30 bits per heavy atom. The lowest BCUT2D eigenvalue weighted by Gasteiger charge is -2.10. The summed E-state index contributed by atoms with van der Waals surface area (Å²) in [6, 6.07) is 5.93. The Morgan fingerprint density at radius 2 is 2.15 bits per heavy atom. The second kappa shape index (κ2) is 7.25. The van der Waals surface area contributed by atoms with Crippen molar-refractivity contribution in [1.82, 2.24) is 20.2 Å². The smallest absolute Gasteiger partial charge is 0.214 e. The van der Waals surface area contributed by atoms with Crippen LogP contribution in [0, 0.1) is 6.92 Å². The molecular formula is C13H18N4O2S. The SMILES string of the molecule is COCCCSc1nnnn1-c1cc(C)ccc1OC. The van der Waals surface area contributed by atoms with Crippen LogP contribution in [0.5, 0.6) is 5.75 Å². The van der Waals surface area contributed by atoms with Gasteiger partial charge in [-0.05, 0) is 41.5 Å². The molecule has 2 rings (SSSR count). The van der Waals surface area contributed by atoms with Crippen LogP contribution in [0.2, 0.25) is 0 Å². The Kier molecular flexibility index (Phi) is 5.37. The van der Waals surface area contributed by atoms with E-state index < -0.39 is 0 Å². The third kappa shape index (κ3) is 3.49. The first-order valence-electron chi connectivity index (χ1n) is 6.31. The zero-order valence-electron chi connectivity index (χ0n) is 11.9. The first-order chi connectivity index (χ1) is 9.76. The lowest BCUT2D eigenvalue weighted by molar-refractivity contribution is 0.200. The molecule has 0 radical (unpaired) electrons. The van der Waals surface area contributed by atoms with E-state index in [0.29, 0.717) is 0 Å². The lowest BCUT2D eigenvalue weighted by atomic mass is 10.2. The number of hydrogen-bond acceptors (Lipinski definition) is 6. The van der Waals surface area contributed by atoms with Gasteiger partial charge in [-0.15, -0.1) is 5.10 Å². The summed E-state index contributed by atoms with van der Waals surface area (Å²) in [6.07, 6.45) is 0.957. The van der Waals surface area contributed by atoms with Gasteiger partial charge in [0.25, 0.3) is 0 Å². The van der Waals surface area contributed by atoms with Crippen LogP contribution >= 0.6 is 11.8 Å². The minimum Gasteiger partial charge on any atom is -0.494 e. The Morgan fingerprint density at radius 3 is 2.90 bits per heavy atom. The Bertz CT molecular complexity index is 559. The molecule has 1 aromatic carbocycles. The highest BCUT2D eigenvalue weighted by atomic mass is 32.2. The number of methoxy groups -OCH3 is 2. The second-order valence-electron chi connectivity index (χ2n) is 4.24. The van der Waals surface area contributed by atoms with Crippen LogP contribution in [-0.4, -0.2) is 46.8 Å². The Balaban J connectivity index is 2.21. The van der Waals surface area contributed by atoms with E-state index in [9.17, 15) is 0 Å². The zero-order valence-corrected chi connectivity index (χ0v) is 12.7. The molecule has 1 aromatic heterocycles. The first-order valence-corrected chi connectivity index (χ1v) is 7.30. The number of tetrazole rings is 1. The summed E-state index contributed by atoms with van der Waals surface area (Å²) in [5, 5.41) is 12.6. The van der Waals surface area contributed by atoms with Gasteiger partial charge in [-0.2, -0.15) is 4.68 Å². The maximum Gasteiger partial charge on any atom is 0.214 e. The molecule has 0 spiro atoms. The van der Waals surface area contributed by atoms with Crippen molar-refractivity contribution in [3.8, 4) is 11.4 Å². The highest BCUT2D eigenvalue weighted by molar-refractivity contribution is 7.99. The molecule has 0 saturated carbocycles. The standard InChI is InChI=1S/C13H18N4O2S/c1-10-5-6-12(19-3)11(9-10)17-13(14-15-16-17)20-8-4-7-18-2/h5-6,9H,4,7-8H2,1-3H3. The molecule has 2 aromatic rings. The van der Waals surface area contributed by atoms with E-state index in [1.54, 1.807) is 30.7 Å². The van der Waals surface area contributed by atoms with Crippen molar-refractivity contribution >= 4 is 11.8 Å². The van der Waals surface area contributed by atoms with Gasteiger partial charge in [0.2, 0.25) is 5.16 Å². The van der Waals surface area contributed by atoms with Crippen LogP contribution in [-0.2, 0) is 4.74 Å². The van der Waals surface area contributed by atoms with Crippen molar-refractivity contribution in [2.24, 2.45) is 0 Å². The molecule has 0 aliphatic rings. The average Bonchev–Trinajstić information content (AvgIpc) is 2.92. The fourth-order valence-electron chi connectivity index (χ4n) is 1.75. The monoisotopic (exact) mass is 294 g/mol. The maximum atomic E-state index is 5.38. The molecule has 0 aliphatic carbocycles. The van der Waals surface area contributed by atoms with E-state index in [2.05, 4.69) is 15.5 Å². The number of rotatable bonds is 7. The van der Waals surface area contributed by atoms with Crippen LogP contribution in [0.25, 0.3) is 5.69 Å². The second-order valence-corrected chi connectivity index (χ2v) is 5.31. The largest absolute Gasteiger partial charge is 0.494 e. The molecule has 108 valence electrons. The minimum atomic E-state index is 0.738. The quantitative estimate of drug-likeness (QED) is 0.576. The maximum absolute atomic E-state index is 5.38. The van der Waals surface area contributed by atoms with E-state index in [1.807, 2.05) is 25.1 Å². The van der Waals surface area contributed by atoms with Gasteiger partial charge < -0.3 is 9.47 Å².